The highest BCUT2D eigenvalue weighted by molar-refractivity contribution is 6.23. The molecule has 0 heterocycles. The van der Waals surface area contributed by atoms with E-state index < -0.39 is 0 Å². The molecule has 0 N–H and O–H groups in total. The van der Waals surface area contributed by atoms with E-state index in [2.05, 4.69) is 169 Å². The summed E-state index contributed by atoms with van der Waals surface area (Å²) in [6, 6.07) is 61.3. The number of hydrogen-bond donors (Lipinski definition) is 0. The summed E-state index contributed by atoms with van der Waals surface area (Å²) in [5.74, 6) is 0. The van der Waals surface area contributed by atoms with Crippen LogP contribution in [0.2, 0.25) is 0 Å². The second-order valence-electron chi connectivity index (χ2n) is 15.7. The molecule has 9 aromatic rings. The number of rotatable bonds is 6. The molecule has 0 aromatic heterocycles. The summed E-state index contributed by atoms with van der Waals surface area (Å²) < 4.78 is 0. The van der Waals surface area contributed by atoms with Crippen LogP contribution >= 0.6 is 0 Å². The summed E-state index contributed by atoms with van der Waals surface area (Å²) in [7, 11) is 0. The molecule has 1 nitrogen and oxygen atoms in total. The third-order valence-corrected chi connectivity index (χ3v) is 12.6. The zero-order valence-electron chi connectivity index (χ0n) is 31.2. The third kappa shape index (κ3) is 5.44. The first-order valence-corrected chi connectivity index (χ1v) is 20.3. The predicted octanol–water partition coefficient (Wildman–Crippen LogP) is 14.8. The highest BCUT2D eigenvalue weighted by Gasteiger charge is 2.28. The normalized spacial score (nSPS) is 14.0. The Hall–Kier alpha value is -6.18. The van der Waals surface area contributed by atoms with Crippen molar-refractivity contribution < 1.29 is 0 Å². The molecule has 0 fully saturated rings. The lowest BCUT2D eigenvalue weighted by Crippen LogP contribution is -2.15. The molecular weight excluding hydrogens is 663 g/mol. The molecule has 0 saturated carbocycles. The second kappa shape index (κ2) is 13.3. The first kappa shape index (κ1) is 32.3. The van der Waals surface area contributed by atoms with Gasteiger partial charge in [0.05, 0.1) is 0 Å². The van der Waals surface area contributed by atoms with E-state index in [0.29, 0.717) is 0 Å². The second-order valence-corrected chi connectivity index (χ2v) is 15.7. The van der Waals surface area contributed by atoms with Crippen molar-refractivity contribution in [3.05, 3.63) is 186 Å². The summed E-state index contributed by atoms with van der Waals surface area (Å²) in [4.78, 5) is 2.45. The number of nitrogens with zero attached hydrogens (tertiary/aromatic N) is 1. The van der Waals surface area contributed by atoms with E-state index in [-0.39, 0.29) is 0 Å². The van der Waals surface area contributed by atoms with Gasteiger partial charge in [-0.3, -0.25) is 0 Å². The van der Waals surface area contributed by atoms with Crippen molar-refractivity contribution in [2.75, 3.05) is 4.90 Å². The topological polar surface area (TPSA) is 3.24 Å². The minimum Gasteiger partial charge on any atom is -0.310 e. The molecule has 0 bridgehead atoms. The van der Waals surface area contributed by atoms with E-state index in [4.69, 9.17) is 0 Å². The number of benzene rings is 9. The average molecular weight is 706 g/mol. The highest BCUT2D eigenvalue weighted by atomic mass is 15.1. The minimum atomic E-state index is 1.15. The first-order valence-electron chi connectivity index (χ1n) is 20.3. The van der Waals surface area contributed by atoms with Gasteiger partial charge >= 0.3 is 0 Å². The molecule has 0 spiro atoms. The van der Waals surface area contributed by atoms with Gasteiger partial charge in [0.25, 0.3) is 0 Å². The Morgan fingerprint density at radius 3 is 1.16 bits per heavy atom. The molecule has 1 heteroatoms. The lowest BCUT2D eigenvalue weighted by molar-refractivity contribution is 0.662. The van der Waals surface area contributed by atoms with Gasteiger partial charge in [-0.15, -0.1) is 0 Å². The standard InChI is InChI=1S/C54H43N/c1-3-12-36(13-4-1)37-26-30-44(31-27-37)55(46-34-42-24-22-39-16-11-17-40-23-25-43(35-46)52(42)51(39)40)45-32-28-41(29-33-45)54-49-20-9-7-18-47(49)53(38-14-5-2-6-15-38)48-19-8-10-21-50(48)54/h1-6,11-17,22-35H,7-10,18-21H2. The summed E-state index contributed by atoms with van der Waals surface area (Å²) in [6.07, 6.45) is 9.80. The molecule has 0 aliphatic heterocycles. The maximum absolute atomic E-state index is 2.45. The molecule has 55 heavy (non-hydrogen) atoms. The average Bonchev–Trinajstić information content (AvgIpc) is 3.26. The van der Waals surface area contributed by atoms with E-state index in [1.165, 1.54) is 123 Å². The van der Waals surface area contributed by atoms with Crippen molar-refractivity contribution in [2.45, 2.75) is 51.4 Å². The summed E-state index contributed by atoms with van der Waals surface area (Å²) >= 11 is 0. The van der Waals surface area contributed by atoms with E-state index in [9.17, 15) is 0 Å². The van der Waals surface area contributed by atoms with Crippen LogP contribution in [0, 0.1) is 0 Å². The smallest absolute Gasteiger partial charge is 0.0473 e. The van der Waals surface area contributed by atoms with Gasteiger partial charge in [0.15, 0.2) is 0 Å². The van der Waals surface area contributed by atoms with Crippen molar-refractivity contribution in [3.8, 4) is 33.4 Å². The largest absolute Gasteiger partial charge is 0.310 e. The van der Waals surface area contributed by atoms with Gasteiger partial charge in [0.2, 0.25) is 0 Å². The molecule has 0 atom stereocenters. The van der Waals surface area contributed by atoms with E-state index >= 15 is 0 Å². The van der Waals surface area contributed by atoms with Crippen molar-refractivity contribution in [1.82, 2.24) is 0 Å². The maximum atomic E-state index is 2.45. The van der Waals surface area contributed by atoms with Gasteiger partial charge in [-0.05, 0) is 176 Å². The summed E-state index contributed by atoms with van der Waals surface area (Å²) in [5, 5.41) is 7.86. The fourth-order valence-electron chi connectivity index (χ4n) is 10.1. The Labute approximate surface area is 323 Å². The molecule has 264 valence electrons. The molecule has 0 unspecified atom stereocenters. The lowest BCUT2D eigenvalue weighted by Gasteiger charge is -2.32. The van der Waals surface area contributed by atoms with Crippen LogP contribution in [0.25, 0.3) is 65.7 Å². The molecule has 2 aliphatic carbocycles. The Morgan fingerprint density at radius 2 is 0.673 bits per heavy atom. The van der Waals surface area contributed by atoms with Crippen LogP contribution in [0.3, 0.4) is 0 Å². The molecule has 0 radical (unpaired) electrons. The van der Waals surface area contributed by atoms with Gasteiger partial charge in [-0.2, -0.15) is 0 Å². The Bertz CT molecular complexity index is 2730. The zero-order chi connectivity index (χ0) is 36.3. The fraction of sp³-hybridized carbons (Fsp3) is 0.148. The van der Waals surface area contributed by atoms with Gasteiger partial charge in [0.1, 0.15) is 0 Å². The SMILES string of the molecule is c1ccc(-c2ccc(N(c3ccc(-c4c5c(c(-c6ccccc6)c6c4CCCC6)CCCC5)cc3)c3cc4ccc5cccc6ccc(c3)c4c56)cc2)cc1. The molecule has 0 saturated heterocycles. The maximum Gasteiger partial charge on any atom is 0.0473 e. The van der Waals surface area contributed by atoms with Crippen LogP contribution < -0.4 is 4.90 Å². The van der Waals surface area contributed by atoms with Crippen LogP contribution in [0.1, 0.15) is 47.9 Å². The zero-order valence-corrected chi connectivity index (χ0v) is 31.2. The Morgan fingerprint density at radius 1 is 0.291 bits per heavy atom. The lowest BCUT2D eigenvalue weighted by atomic mass is 9.73. The number of anilines is 3. The highest BCUT2D eigenvalue weighted by Crippen LogP contribution is 2.47. The van der Waals surface area contributed by atoms with Crippen LogP contribution in [-0.4, -0.2) is 0 Å². The van der Waals surface area contributed by atoms with Crippen LogP contribution in [0.4, 0.5) is 17.1 Å². The minimum absolute atomic E-state index is 1.15. The molecule has 9 aromatic carbocycles. The van der Waals surface area contributed by atoms with Gasteiger partial charge < -0.3 is 4.90 Å². The molecule has 0 amide bonds. The summed E-state index contributed by atoms with van der Waals surface area (Å²) in [6.45, 7) is 0. The van der Waals surface area contributed by atoms with E-state index in [1.54, 1.807) is 27.8 Å². The van der Waals surface area contributed by atoms with E-state index in [1.807, 2.05) is 0 Å². The van der Waals surface area contributed by atoms with Crippen LogP contribution in [0.15, 0.2) is 164 Å². The Kier molecular flexibility index (Phi) is 7.80. The fourth-order valence-corrected chi connectivity index (χ4v) is 10.1. The van der Waals surface area contributed by atoms with Gasteiger partial charge in [0, 0.05) is 17.1 Å². The predicted molar refractivity (Wildman–Crippen MR) is 234 cm³/mol. The molecule has 11 rings (SSSR count). The quantitative estimate of drug-likeness (QED) is 0.156. The van der Waals surface area contributed by atoms with Gasteiger partial charge in [-0.1, -0.05) is 127 Å². The van der Waals surface area contributed by atoms with E-state index in [0.717, 1.165) is 5.69 Å². The molecular formula is C54H43N. The third-order valence-electron chi connectivity index (χ3n) is 12.6. The first-order chi connectivity index (χ1) is 27.3. The van der Waals surface area contributed by atoms with Crippen molar-refractivity contribution in [2.24, 2.45) is 0 Å². The summed E-state index contributed by atoms with van der Waals surface area (Å²) in [5.41, 5.74) is 18.3. The van der Waals surface area contributed by atoms with Crippen molar-refractivity contribution in [3.63, 3.8) is 0 Å². The molecule has 2 aliphatic rings. The van der Waals surface area contributed by atoms with Crippen molar-refractivity contribution >= 4 is 49.4 Å². The number of fused-ring (bicyclic) bond motifs is 2. The van der Waals surface area contributed by atoms with Crippen molar-refractivity contribution in [1.29, 1.82) is 0 Å². The number of hydrogen-bond acceptors (Lipinski definition) is 1. The van der Waals surface area contributed by atoms with Crippen LogP contribution in [0.5, 0.6) is 0 Å². The monoisotopic (exact) mass is 705 g/mol. The Balaban J connectivity index is 1.07. The van der Waals surface area contributed by atoms with Crippen LogP contribution in [-0.2, 0) is 25.7 Å². The van der Waals surface area contributed by atoms with Gasteiger partial charge in [-0.25, -0.2) is 0 Å².